The number of nitrogens with one attached hydrogen (secondary N) is 1. The molecule has 0 radical (unpaired) electrons. The second-order valence-electron chi connectivity index (χ2n) is 6.02. The van der Waals surface area contributed by atoms with Crippen LogP contribution in [0.25, 0.3) is 0 Å². The fourth-order valence-electron chi connectivity index (χ4n) is 3.10. The fraction of sp³-hybridized carbons (Fsp3) is 0.625. The average Bonchev–Trinajstić information content (AvgIpc) is 2.36. The van der Waals surface area contributed by atoms with Crippen LogP contribution in [0.15, 0.2) is 18.2 Å². The fourth-order valence-corrected chi connectivity index (χ4v) is 3.35. The van der Waals surface area contributed by atoms with E-state index < -0.39 is 0 Å². The van der Waals surface area contributed by atoms with Gasteiger partial charge in [-0.05, 0) is 49.9 Å². The van der Waals surface area contributed by atoms with Gasteiger partial charge in [0.05, 0.1) is 0 Å². The predicted molar refractivity (Wildman–Crippen MR) is 84.0 cm³/mol. The molecule has 1 fully saturated rings. The maximum Gasteiger partial charge on any atom is 0.0471 e. The summed E-state index contributed by atoms with van der Waals surface area (Å²) in [5.41, 5.74) is 2.43. The SMILES string of the molecule is CNCc1ccc(N2CC(C)CC(C)C2C)cc1Cl. The van der Waals surface area contributed by atoms with E-state index in [0.717, 1.165) is 29.9 Å². The minimum atomic E-state index is 0.586. The van der Waals surface area contributed by atoms with Crippen LogP contribution < -0.4 is 10.2 Å². The van der Waals surface area contributed by atoms with Gasteiger partial charge in [-0.25, -0.2) is 0 Å². The predicted octanol–water partition coefficient (Wildman–Crippen LogP) is 3.93. The zero-order chi connectivity index (χ0) is 14.0. The van der Waals surface area contributed by atoms with E-state index in [0.29, 0.717) is 6.04 Å². The number of benzene rings is 1. The molecule has 0 aromatic heterocycles. The first-order valence-corrected chi connectivity index (χ1v) is 7.60. The summed E-state index contributed by atoms with van der Waals surface area (Å²) in [6.07, 6.45) is 1.32. The molecule has 3 heteroatoms. The lowest BCUT2D eigenvalue weighted by Crippen LogP contribution is -2.45. The van der Waals surface area contributed by atoms with E-state index in [4.69, 9.17) is 11.6 Å². The van der Waals surface area contributed by atoms with Crippen LogP contribution in [-0.2, 0) is 6.54 Å². The third-order valence-electron chi connectivity index (χ3n) is 4.33. The van der Waals surface area contributed by atoms with Crippen molar-refractivity contribution in [2.45, 2.75) is 39.8 Å². The molecule has 1 aliphatic rings. The smallest absolute Gasteiger partial charge is 0.0471 e. The summed E-state index contributed by atoms with van der Waals surface area (Å²) in [7, 11) is 1.94. The molecule has 0 saturated carbocycles. The number of nitrogens with zero attached hydrogens (tertiary/aromatic N) is 1. The molecular weight excluding hydrogens is 256 g/mol. The Balaban J connectivity index is 2.23. The first-order chi connectivity index (χ1) is 9.02. The summed E-state index contributed by atoms with van der Waals surface area (Å²) in [6.45, 7) is 8.97. The van der Waals surface area contributed by atoms with Crippen molar-refractivity contribution in [3.63, 3.8) is 0 Å². The molecule has 0 spiro atoms. The Labute approximate surface area is 122 Å². The van der Waals surface area contributed by atoms with Crippen molar-refractivity contribution in [1.82, 2.24) is 5.32 Å². The highest BCUT2D eigenvalue weighted by molar-refractivity contribution is 6.31. The van der Waals surface area contributed by atoms with E-state index in [1.165, 1.54) is 17.7 Å². The van der Waals surface area contributed by atoms with Gasteiger partial charge in [0, 0.05) is 29.8 Å². The molecule has 3 atom stereocenters. The molecule has 2 nitrogen and oxygen atoms in total. The number of piperidine rings is 1. The summed E-state index contributed by atoms with van der Waals surface area (Å²) in [5.74, 6) is 1.49. The second kappa shape index (κ2) is 6.15. The molecule has 106 valence electrons. The quantitative estimate of drug-likeness (QED) is 0.902. The number of hydrogen-bond donors (Lipinski definition) is 1. The van der Waals surface area contributed by atoms with Gasteiger partial charge < -0.3 is 10.2 Å². The minimum absolute atomic E-state index is 0.586. The number of rotatable bonds is 3. The van der Waals surface area contributed by atoms with Gasteiger partial charge in [-0.2, -0.15) is 0 Å². The van der Waals surface area contributed by atoms with Crippen molar-refractivity contribution in [3.05, 3.63) is 28.8 Å². The van der Waals surface area contributed by atoms with Gasteiger partial charge in [0.15, 0.2) is 0 Å². The molecule has 1 N–H and O–H groups in total. The normalized spacial score (nSPS) is 27.6. The van der Waals surface area contributed by atoms with E-state index >= 15 is 0 Å². The zero-order valence-corrected chi connectivity index (χ0v) is 13.2. The highest BCUT2D eigenvalue weighted by Gasteiger charge is 2.29. The Hall–Kier alpha value is -0.730. The van der Waals surface area contributed by atoms with Crippen molar-refractivity contribution in [2.75, 3.05) is 18.5 Å². The molecule has 0 aliphatic carbocycles. The van der Waals surface area contributed by atoms with Gasteiger partial charge in [0.25, 0.3) is 0 Å². The third-order valence-corrected chi connectivity index (χ3v) is 4.69. The van der Waals surface area contributed by atoms with Crippen molar-refractivity contribution in [2.24, 2.45) is 11.8 Å². The van der Waals surface area contributed by atoms with Crippen LogP contribution >= 0.6 is 11.6 Å². The maximum atomic E-state index is 6.38. The molecule has 1 heterocycles. The number of halogens is 1. The molecule has 1 aromatic rings. The molecule has 19 heavy (non-hydrogen) atoms. The molecule has 1 saturated heterocycles. The monoisotopic (exact) mass is 280 g/mol. The Morgan fingerprint density at radius 2 is 2.05 bits per heavy atom. The Morgan fingerprint density at radius 1 is 1.32 bits per heavy atom. The van der Waals surface area contributed by atoms with Gasteiger partial charge >= 0.3 is 0 Å². The van der Waals surface area contributed by atoms with Gasteiger partial charge in [0.2, 0.25) is 0 Å². The van der Waals surface area contributed by atoms with Gasteiger partial charge in [-0.3, -0.25) is 0 Å². The first kappa shape index (κ1) is 14.7. The number of hydrogen-bond acceptors (Lipinski definition) is 2. The third kappa shape index (κ3) is 3.24. The van der Waals surface area contributed by atoms with Crippen molar-refractivity contribution in [3.8, 4) is 0 Å². The van der Waals surface area contributed by atoms with Crippen LogP contribution in [0.4, 0.5) is 5.69 Å². The Bertz CT molecular complexity index is 433. The standard InChI is InChI=1S/C16H25ClN2/c1-11-7-12(2)13(3)19(10-11)15-6-5-14(9-18-4)16(17)8-15/h5-6,8,11-13,18H,7,9-10H2,1-4H3. The highest BCUT2D eigenvalue weighted by atomic mass is 35.5. The summed E-state index contributed by atoms with van der Waals surface area (Å²) in [5, 5.41) is 4.01. The zero-order valence-electron chi connectivity index (χ0n) is 12.4. The van der Waals surface area contributed by atoms with Crippen molar-refractivity contribution < 1.29 is 0 Å². The van der Waals surface area contributed by atoms with Crippen LogP contribution in [-0.4, -0.2) is 19.6 Å². The van der Waals surface area contributed by atoms with Gasteiger partial charge in [-0.15, -0.1) is 0 Å². The Morgan fingerprint density at radius 3 is 2.68 bits per heavy atom. The topological polar surface area (TPSA) is 15.3 Å². The summed E-state index contributed by atoms with van der Waals surface area (Å²) < 4.78 is 0. The van der Waals surface area contributed by atoms with Crippen LogP contribution in [0.2, 0.25) is 5.02 Å². The van der Waals surface area contributed by atoms with Crippen LogP contribution in [0, 0.1) is 11.8 Å². The summed E-state index contributed by atoms with van der Waals surface area (Å²) >= 11 is 6.38. The summed E-state index contributed by atoms with van der Waals surface area (Å²) in [4.78, 5) is 2.51. The van der Waals surface area contributed by atoms with E-state index in [1.54, 1.807) is 0 Å². The molecule has 0 bridgehead atoms. The van der Waals surface area contributed by atoms with Crippen LogP contribution in [0.1, 0.15) is 32.8 Å². The van der Waals surface area contributed by atoms with Crippen molar-refractivity contribution in [1.29, 1.82) is 0 Å². The molecular formula is C16H25ClN2. The highest BCUT2D eigenvalue weighted by Crippen LogP contribution is 2.33. The lowest BCUT2D eigenvalue weighted by molar-refractivity contribution is 0.297. The van der Waals surface area contributed by atoms with Gasteiger partial charge in [-0.1, -0.05) is 31.5 Å². The second-order valence-corrected chi connectivity index (χ2v) is 6.42. The minimum Gasteiger partial charge on any atom is -0.368 e. The van der Waals surface area contributed by atoms with Crippen molar-refractivity contribution >= 4 is 17.3 Å². The molecule has 0 amide bonds. The lowest BCUT2D eigenvalue weighted by atomic mass is 9.85. The van der Waals surface area contributed by atoms with Crippen LogP contribution in [0.5, 0.6) is 0 Å². The lowest BCUT2D eigenvalue weighted by Gasteiger charge is -2.42. The van der Waals surface area contributed by atoms with Gasteiger partial charge in [0.1, 0.15) is 0 Å². The Kier molecular flexibility index (Phi) is 4.75. The maximum absolute atomic E-state index is 6.38. The number of anilines is 1. The average molecular weight is 281 g/mol. The largest absolute Gasteiger partial charge is 0.368 e. The van der Waals surface area contributed by atoms with E-state index in [1.807, 2.05) is 7.05 Å². The van der Waals surface area contributed by atoms with E-state index in [2.05, 4.69) is 49.2 Å². The molecule has 1 aliphatic heterocycles. The van der Waals surface area contributed by atoms with E-state index in [-0.39, 0.29) is 0 Å². The molecule has 1 aromatic carbocycles. The molecule has 3 unspecified atom stereocenters. The molecule has 2 rings (SSSR count). The summed E-state index contributed by atoms with van der Waals surface area (Å²) in [6, 6.07) is 7.06. The van der Waals surface area contributed by atoms with E-state index in [9.17, 15) is 0 Å². The van der Waals surface area contributed by atoms with Crippen LogP contribution in [0.3, 0.4) is 0 Å². The first-order valence-electron chi connectivity index (χ1n) is 7.22.